The molecule has 1 saturated heterocycles. The second kappa shape index (κ2) is 9.84. The molecule has 2 rings (SSSR count). The van der Waals surface area contributed by atoms with Crippen molar-refractivity contribution < 1.29 is 14.3 Å². The highest BCUT2D eigenvalue weighted by atomic mass is 35.5. The lowest BCUT2D eigenvalue weighted by atomic mass is 10.2. The van der Waals surface area contributed by atoms with E-state index in [-0.39, 0.29) is 30.8 Å². The maximum Gasteiger partial charge on any atom is 0.253 e. The maximum atomic E-state index is 12.5. The monoisotopic (exact) mass is 375 g/mol. The van der Waals surface area contributed by atoms with Gasteiger partial charge in [0, 0.05) is 43.9 Å². The van der Waals surface area contributed by atoms with Crippen LogP contribution in [0.25, 0.3) is 0 Å². The molecule has 1 atom stereocenters. The molecule has 1 aromatic rings. The zero-order chi connectivity index (χ0) is 16.8. The van der Waals surface area contributed by atoms with Gasteiger partial charge in [-0.05, 0) is 24.6 Å². The predicted molar refractivity (Wildman–Crippen MR) is 95.7 cm³/mol. The molecule has 2 N–H and O–H groups in total. The van der Waals surface area contributed by atoms with Gasteiger partial charge >= 0.3 is 0 Å². The van der Waals surface area contributed by atoms with Crippen LogP contribution in [-0.2, 0) is 9.53 Å². The Morgan fingerprint density at radius 3 is 2.58 bits per heavy atom. The average Bonchev–Trinajstić information content (AvgIpc) is 2.79. The molecule has 0 aromatic heterocycles. The lowest BCUT2D eigenvalue weighted by molar-refractivity contribution is -0.133. The van der Waals surface area contributed by atoms with Gasteiger partial charge < -0.3 is 20.3 Å². The Hall–Kier alpha value is -1.34. The Kier molecular flexibility index (Phi) is 8.48. The fourth-order valence-corrected chi connectivity index (χ4v) is 2.82. The SMILES string of the molecule is COCC(N)C(=O)N1CCCN(C(=O)c2cccc(Cl)c2)CC1.Cl. The van der Waals surface area contributed by atoms with Crippen LogP contribution in [-0.4, -0.2) is 67.6 Å². The Bertz CT molecular complexity index is 571. The lowest BCUT2D eigenvalue weighted by Crippen LogP contribution is -2.47. The van der Waals surface area contributed by atoms with Gasteiger partial charge in [-0.3, -0.25) is 9.59 Å². The fourth-order valence-electron chi connectivity index (χ4n) is 2.63. The van der Waals surface area contributed by atoms with E-state index in [0.717, 1.165) is 6.42 Å². The first-order valence-corrected chi connectivity index (χ1v) is 7.99. The number of carbonyl (C=O) groups is 2. The van der Waals surface area contributed by atoms with E-state index in [1.807, 2.05) is 0 Å². The summed E-state index contributed by atoms with van der Waals surface area (Å²) < 4.78 is 4.93. The molecule has 1 aliphatic rings. The van der Waals surface area contributed by atoms with Gasteiger partial charge in [-0.1, -0.05) is 17.7 Å². The number of nitrogens with two attached hydrogens (primary N) is 1. The Morgan fingerprint density at radius 1 is 1.25 bits per heavy atom. The highest BCUT2D eigenvalue weighted by Gasteiger charge is 2.25. The predicted octanol–water partition coefficient (Wildman–Crippen LogP) is 1.41. The number of amides is 2. The van der Waals surface area contributed by atoms with Crippen LogP contribution < -0.4 is 5.73 Å². The number of methoxy groups -OCH3 is 1. The van der Waals surface area contributed by atoms with Gasteiger partial charge in [0.25, 0.3) is 5.91 Å². The molecule has 1 heterocycles. The fraction of sp³-hybridized carbons (Fsp3) is 0.500. The number of ether oxygens (including phenoxy) is 1. The number of halogens is 2. The van der Waals surface area contributed by atoms with Crippen molar-refractivity contribution >= 4 is 35.8 Å². The summed E-state index contributed by atoms with van der Waals surface area (Å²) >= 11 is 5.94. The van der Waals surface area contributed by atoms with Crippen LogP contribution in [0.15, 0.2) is 24.3 Å². The molecule has 8 heteroatoms. The third-order valence-electron chi connectivity index (χ3n) is 3.83. The highest BCUT2D eigenvalue weighted by molar-refractivity contribution is 6.30. The molecule has 0 bridgehead atoms. The van der Waals surface area contributed by atoms with Crippen LogP contribution >= 0.6 is 24.0 Å². The van der Waals surface area contributed by atoms with E-state index in [0.29, 0.717) is 36.8 Å². The van der Waals surface area contributed by atoms with Gasteiger partial charge in [0.2, 0.25) is 5.91 Å². The largest absolute Gasteiger partial charge is 0.383 e. The topological polar surface area (TPSA) is 75.9 Å². The van der Waals surface area contributed by atoms with Crippen molar-refractivity contribution in [1.29, 1.82) is 0 Å². The van der Waals surface area contributed by atoms with E-state index in [9.17, 15) is 9.59 Å². The van der Waals surface area contributed by atoms with Crippen LogP contribution in [0.5, 0.6) is 0 Å². The van der Waals surface area contributed by atoms with Crippen LogP contribution in [0, 0.1) is 0 Å². The molecule has 0 radical (unpaired) electrons. The summed E-state index contributed by atoms with van der Waals surface area (Å²) in [6.07, 6.45) is 0.720. The number of nitrogens with zero attached hydrogens (tertiary/aromatic N) is 2. The highest BCUT2D eigenvalue weighted by Crippen LogP contribution is 2.14. The van der Waals surface area contributed by atoms with Crippen LogP contribution in [0.4, 0.5) is 0 Å². The number of rotatable bonds is 4. The average molecular weight is 376 g/mol. The van der Waals surface area contributed by atoms with Gasteiger partial charge in [0.15, 0.2) is 0 Å². The van der Waals surface area contributed by atoms with Crippen molar-refractivity contribution in [2.45, 2.75) is 12.5 Å². The summed E-state index contributed by atoms with van der Waals surface area (Å²) in [5.74, 6) is -0.202. The number of hydrogen-bond donors (Lipinski definition) is 1. The minimum absolute atomic E-state index is 0. The summed E-state index contributed by atoms with van der Waals surface area (Å²) in [6, 6.07) is 6.24. The molecule has 134 valence electrons. The minimum atomic E-state index is -0.657. The lowest BCUT2D eigenvalue weighted by Gasteiger charge is -2.24. The van der Waals surface area contributed by atoms with Crippen LogP contribution in [0.2, 0.25) is 5.02 Å². The molecule has 6 nitrogen and oxygen atoms in total. The van der Waals surface area contributed by atoms with Crippen molar-refractivity contribution in [3.63, 3.8) is 0 Å². The van der Waals surface area contributed by atoms with Crippen LogP contribution in [0.3, 0.4) is 0 Å². The van der Waals surface area contributed by atoms with E-state index < -0.39 is 6.04 Å². The third-order valence-corrected chi connectivity index (χ3v) is 4.06. The number of benzene rings is 1. The van der Waals surface area contributed by atoms with Gasteiger partial charge in [0.05, 0.1) is 6.61 Å². The molecule has 1 aliphatic heterocycles. The molecular weight excluding hydrogens is 353 g/mol. The van der Waals surface area contributed by atoms with Gasteiger partial charge in [-0.2, -0.15) is 0 Å². The Labute approximate surface area is 153 Å². The zero-order valence-corrected chi connectivity index (χ0v) is 15.2. The first-order valence-electron chi connectivity index (χ1n) is 7.61. The van der Waals surface area contributed by atoms with E-state index in [4.69, 9.17) is 22.1 Å². The van der Waals surface area contributed by atoms with Crippen molar-refractivity contribution in [2.75, 3.05) is 39.9 Å². The summed E-state index contributed by atoms with van der Waals surface area (Å²) in [5, 5.41) is 0.535. The number of carbonyl (C=O) groups excluding carboxylic acids is 2. The van der Waals surface area contributed by atoms with Gasteiger partial charge in [-0.15, -0.1) is 12.4 Å². The summed E-state index contributed by atoms with van der Waals surface area (Å²) in [6.45, 7) is 2.35. The van der Waals surface area contributed by atoms with E-state index in [2.05, 4.69) is 0 Å². The Balaban J connectivity index is 0.00000288. The van der Waals surface area contributed by atoms with Crippen molar-refractivity contribution in [3.05, 3.63) is 34.9 Å². The minimum Gasteiger partial charge on any atom is -0.383 e. The van der Waals surface area contributed by atoms with Gasteiger partial charge in [-0.25, -0.2) is 0 Å². The second-order valence-electron chi connectivity index (χ2n) is 5.54. The smallest absolute Gasteiger partial charge is 0.253 e. The zero-order valence-electron chi connectivity index (χ0n) is 13.6. The van der Waals surface area contributed by atoms with E-state index >= 15 is 0 Å². The molecule has 0 spiro atoms. The van der Waals surface area contributed by atoms with Crippen molar-refractivity contribution in [1.82, 2.24) is 9.80 Å². The quantitative estimate of drug-likeness (QED) is 0.862. The molecule has 0 saturated carbocycles. The molecule has 0 aliphatic carbocycles. The maximum absolute atomic E-state index is 12.5. The molecule has 2 amide bonds. The first kappa shape index (κ1) is 20.7. The standard InChI is InChI=1S/C16H22ClN3O3.ClH/c1-23-11-14(18)16(22)20-7-3-6-19(8-9-20)15(21)12-4-2-5-13(17)10-12;/h2,4-5,10,14H,3,6-9,11,18H2,1H3;1H. The van der Waals surface area contributed by atoms with Crippen molar-refractivity contribution in [3.8, 4) is 0 Å². The molecule has 1 aromatic carbocycles. The Morgan fingerprint density at radius 2 is 1.92 bits per heavy atom. The summed E-state index contributed by atoms with van der Waals surface area (Å²) in [4.78, 5) is 28.2. The van der Waals surface area contributed by atoms with Crippen LogP contribution in [0.1, 0.15) is 16.8 Å². The van der Waals surface area contributed by atoms with E-state index in [1.165, 1.54) is 7.11 Å². The first-order chi connectivity index (χ1) is 11.0. The number of hydrogen-bond acceptors (Lipinski definition) is 4. The molecule has 1 unspecified atom stereocenters. The molecule has 1 fully saturated rings. The second-order valence-corrected chi connectivity index (χ2v) is 5.98. The van der Waals surface area contributed by atoms with Gasteiger partial charge in [0.1, 0.15) is 6.04 Å². The summed E-state index contributed by atoms with van der Waals surface area (Å²) in [7, 11) is 1.51. The molecular formula is C16H23Cl2N3O3. The van der Waals surface area contributed by atoms with Crippen molar-refractivity contribution in [2.24, 2.45) is 5.73 Å². The summed E-state index contributed by atoms with van der Waals surface area (Å²) in [5.41, 5.74) is 6.36. The van der Waals surface area contributed by atoms with E-state index in [1.54, 1.807) is 34.1 Å². The molecule has 24 heavy (non-hydrogen) atoms. The normalized spacial score (nSPS) is 16.1. The third kappa shape index (κ3) is 5.34.